The molecule has 21 heavy (non-hydrogen) atoms. The molecule has 114 valence electrons. The largest absolute Gasteiger partial charge is 0.497 e. The standard InChI is InChI=1S/C14H16F3N3O/c1-3-12-13(14(15,16)17)20(19-18-12)9-8-10-4-6-11(21-2)7-5-10/h4-7H,3,8-9H2,1-2H3. The lowest BCUT2D eigenvalue weighted by atomic mass is 10.1. The van der Waals surface area contributed by atoms with Crippen LogP contribution in [-0.2, 0) is 25.6 Å². The number of hydrogen-bond acceptors (Lipinski definition) is 3. The monoisotopic (exact) mass is 299 g/mol. The fraction of sp³-hybridized carbons (Fsp3) is 0.429. The summed E-state index contributed by atoms with van der Waals surface area (Å²) in [6.45, 7) is 1.77. The van der Waals surface area contributed by atoms with E-state index in [1.807, 2.05) is 12.1 Å². The van der Waals surface area contributed by atoms with Crippen molar-refractivity contribution in [2.45, 2.75) is 32.5 Å². The lowest BCUT2D eigenvalue weighted by Crippen LogP contribution is -2.17. The van der Waals surface area contributed by atoms with E-state index in [0.29, 0.717) is 12.2 Å². The van der Waals surface area contributed by atoms with Crippen molar-refractivity contribution < 1.29 is 17.9 Å². The summed E-state index contributed by atoms with van der Waals surface area (Å²) in [5.74, 6) is 0.712. The van der Waals surface area contributed by atoms with Crippen molar-refractivity contribution in [3.05, 3.63) is 41.2 Å². The van der Waals surface area contributed by atoms with E-state index in [1.165, 1.54) is 0 Å². The third kappa shape index (κ3) is 3.53. The van der Waals surface area contributed by atoms with Gasteiger partial charge in [-0.2, -0.15) is 13.2 Å². The fourth-order valence-corrected chi connectivity index (χ4v) is 2.08. The fourth-order valence-electron chi connectivity index (χ4n) is 2.08. The smallest absolute Gasteiger partial charge is 0.434 e. The van der Waals surface area contributed by atoms with E-state index >= 15 is 0 Å². The molecule has 1 aromatic carbocycles. The molecular weight excluding hydrogens is 283 g/mol. The Balaban J connectivity index is 2.14. The Morgan fingerprint density at radius 1 is 1.19 bits per heavy atom. The summed E-state index contributed by atoms with van der Waals surface area (Å²) >= 11 is 0. The highest BCUT2D eigenvalue weighted by atomic mass is 19.4. The minimum Gasteiger partial charge on any atom is -0.497 e. The predicted molar refractivity (Wildman–Crippen MR) is 71.1 cm³/mol. The van der Waals surface area contributed by atoms with Gasteiger partial charge in [0, 0.05) is 6.54 Å². The summed E-state index contributed by atoms with van der Waals surface area (Å²) in [7, 11) is 1.56. The molecule has 2 rings (SSSR count). The molecule has 4 nitrogen and oxygen atoms in total. The Labute approximate surface area is 120 Å². The van der Waals surface area contributed by atoms with E-state index in [-0.39, 0.29) is 18.7 Å². The predicted octanol–water partition coefficient (Wildman–Crippen LogP) is 3.11. The first-order valence-electron chi connectivity index (χ1n) is 6.58. The zero-order valence-corrected chi connectivity index (χ0v) is 11.8. The van der Waals surface area contributed by atoms with Gasteiger partial charge in [0.25, 0.3) is 0 Å². The molecule has 0 amide bonds. The molecule has 0 fully saturated rings. The number of ether oxygens (including phenoxy) is 1. The van der Waals surface area contributed by atoms with E-state index in [4.69, 9.17) is 4.74 Å². The average molecular weight is 299 g/mol. The summed E-state index contributed by atoms with van der Waals surface area (Å²) in [6.07, 6.45) is -3.79. The van der Waals surface area contributed by atoms with E-state index in [0.717, 1.165) is 10.2 Å². The zero-order chi connectivity index (χ0) is 15.5. The summed E-state index contributed by atoms with van der Waals surface area (Å²) in [4.78, 5) is 0. The van der Waals surface area contributed by atoms with E-state index < -0.39 is 11.9 Å². The second-order valence-corrected chi connectivity index (χ2v) is 4.56. The normalized spacial score (nSPS) is 11.7. The van der Waals surface area contributed by atoms with Crippen molar-refractivity contribution in [3.8, 4) is 5.75 Å². The highest BCUT2D eigenvalue weighted by Gasteiger charge is 2.38. The summed E-state index contributed by atoms with van der Waals surface area (Å²) < 4.78 is 45.1. The number of benzene rings is 1. The summed E-state index contributed by atoms with van der Waals surface area (Å²) in [5.41, 5.74) is 0.146. The number of nitrogens with zero attached hydrogens (tertiary/aromatic N) is 3. The molecule has 0 saturated carbocycles. The van der Waals surface area contributed by atoms with Crippen LogP contribution >= 0.6 is 0 Å². The first-order chi connectivity index (χ1) is 9.95. The van der Waals surface area contributed by atoms with E-state index in [9.17, 15) is 13.2 Å². The molecule has 0 aliphatic carbocycles. The number of rotatable bonds is 5. The molecule has 0 radical (unpaired) electrons. The van der Waals surface area contributed by atoms with Crippen LogP contribution in [0.15, 0.2) is 24.3 Å². The molecule has 0 unspecified atom stereocenters. The van der Waals surface area contributed by atoms with Crippen molar-refractivity contribution in [2.24, 2.45) is 0 Å². The van der Waals surface area contributed by atoms with Gasteiger partial charge in [0.05, 0.1) is 12.8 Å². The summed E-state index contributed by atoms with van der Waals surface area (Å²) in [6, 6.07) is 7.20. The van der Waals surface area contributed by atoms with Gasteiger partial charge >= 0.3 is 6.18 Å². The second kappa shape index (κ2) is 6.15. The van der Waals surface area contributed by atoms with Crippen molar-refractivity contribution in [1.29, 1.82) is 0 Å². The number of halogens is 3. The molecule has 7 heteroatoms. The molecule has 0 aliphatic heterocycles. The van der Waals surface area contributed by atoms with Crippen LogP contribution in [0.3, 0.4) is 0 Å². The van der Waals surface area contributed by atoms with E-state index in [2.05, 4.69) is 10.3 Å². The van der Waals surface area contributed by atoms with Crippen LogP contribution in [0.2, 0.25) is 0 Å². The maximum absolute atomic E-state index is 13.0. The molecule has 0 saturated heterocycles. The first-order valence-corrected chi connectivity index (χ1v) is 6.58. The third-order valence-corrected chi connectivity index (χ3v) is 3.18. The second-order valence-electron chi connectivity index (χ2n) is 4.56. The van der Waals surface area contributed by atoms with Gasteiger partial charge in [0.1, 0.15) is 5.75 Å². The number of hydrogen-bond donors (Lipinski definition) is 0. The van der Waals surface area contributed by atoms with Gasteiger partial charge in [-0.1, -0.05) is 24.3 Å². The maximum atomic E-state index is 13.0. The van der Waals surface area contributed by atoms with E-state index in [1.54, 1.807) is 26.2 Å². The zero-order valence-electron chi connectivity index (χ0n) is 11.8. The Kier molecular flexibility index (Phi) is 4.50. The molecule has 0 bridgehead atoms. The van der Waals surface area contributed by atoms with Crippen molar-refractivity contribution in [3.63, 3.8) is 0 Å². The van der Waals surface area contributed by atoms with Gasteiger partial charge in [0.15, 0.2) is 5.69 Å². The van der Waals surface area contributed by atoms with Gasteiger partial charge in [-0.3, -0.25) is 0 Å². The van der Waals surface area contributed by atoms with Gasteiger partial charge in [-0.25, -0.2) is 4.68 Å². The Morgan fingerprint density at radius 3 is 2.38 bits per heavy atom. The minimum atomic E-state index is -4.44. The molecule has 1 aromatic heterocycles. The molecule has 2 aromatic rings. The average Bonchev–Trinajstić information content (AvgIpc) is 2.89. The maximum Gasteiger partial charge on any atom is 0.434 e. The molecule has 0 N–H and O–H groups in total. The van der Waals surface area contributed by atoms with Gasteiger partial charge in [-0.15, -0.1) is 5.10 Å². The van der Waals surface area contributed by atoms with Gasteiger partial charge in [-0.05, 0) is 30.5 Å². The third-order valence-electron chi connectivity index (χ3n) is 3.18. The molecular formula is C14H16F3N3O. The quantitative estimate of drug-likeness (QED) is 0.851. The number of aromatic nitrogens is 3. The van der Waals surface area contributed by atoms with Crippen LogP contribution in [0.4, 0.5) is 13.2 Å². The van der Waals surface area contributed by atoms with Crippen molar-refractivity contribution in [2.75, 3.05) is 7.11 Å². The Morgan fingerprint density at radius 2 is 1.86 bits per heavy atom. The van der Waals surface area contributed by atoms with Crippen LogP contribution in [0.25, 0.3) is 0 Å². The molecule has 0 spiro atoms. The lowest BCUT2D eigenvalue weighted by molar-refractivity contribution is -0.144. The van der Waals surface area contributed by atoms with Gasteiger partial charge in [0.2, 0.25) is 0 Å². The van der Waals surface area contributed by atoms with Crippen LogP contribution < -0.4 is 4.74 Å². The minimum absolute atomic E-state index is 0.0165. The van der Waals surface area contributed by atoms with Crippen LogP contribution in [0, 0.1) is 0 Å². The SMILES string of the molecule is CCc1nnn(CCc2ccc(OC)cc2)c1C(F)(F)F. The number of aryl methyl sites for hydroxylation is 3. The molecule has 0 aliphatic rings. The first kappa shape index (κ1) is 15.3. The molecule has 0 atom stereocenters. The van der Waals surface area contributed by atoms with Crippen LogP contribution in [0.5, 0.6) is 5.75 Å². The topological polar surface area (TPSA) is 39.9 Å². The number of alkyl halides is 3. The van der Waals surface area contributed by atoms with Crippen molar-refractivity contribution >= 4 is 0 Å². The van der Waals surface area contributed by atoms with Crippen LogP contribution in [-0.4, -0.2) is 22.1 Å². The lowest BCUT2D eigenvalue weighted by Gasteiger charge is -2.11. The Bertz CT molecular complexity index is 591. The summed E-state index contributed by atoms with van der Waals surface area (Å²) in [5, 5.41) is 7.24. The Hall–Kier alpha value is -2.05. The number of methoxy groups -OCH3 is 1. The highest BCUT2D eigenvalue weighted by molar-refractivity contribution is 5.27. The van der Waals surface area contributed by atoms with Crippen molar-refractivity contribution in [1.82, 2.24) is 15.0 Å². The van der Waals surface area contributed by atoms with Crippen LogP contribution in [0.1, 0.15) is 23.9 Å². The highest BCUT2D eigenvalue weighted by Crippen LogP contribution is 2.31. The van der Waals surface area contributed by atoms with Gasteiger partial charge < -0.3 is 4.74 Å². The molecule has 1 heterocycles.